The Labute approximate surface area is 231 Å². The van der Waals surface area contributed by atoms with E-state index in [9.17, 15) is 14.0 Å². The summed E-state index contributed by atoms with van der Waals surface area (Å²) in [5.41, 5.74) is 1.26. The van der Waals surface area contributed by atoms with E-state index in [1.807, 2.05) is 0 Å². The maximum atomic E-state index is 13.1. The number of hydrogen-bond donors (Lipinski definition) is 0. The molecule has 0 bridgehead atoms. The van der Waals surface area contributed by atoms with Crippen molar-refractivity contribution in [2.75, 3.05) is 51.3 Å². The van der Waals surface area contributed by atoms with E-state index < -0.39 is 0 Å². The number of carbonyl (C=O) groups is 2. The summed E-state index contributed by atoms with van der Waals surface area (Å²) in [5, 5.41) is -0.344. The van der Waals surface area contributed by atoms with Crippen LogP contribution < -0.4 is 14.4 Å². The number of amides is 2. The minimum atomic E-state index is -0.363. The number of nitrogens with zero attached hydrogens (tertiary/aromatic N) is 3. The SMILES string of the molecule is CN1CCN(CCCOc2ccc(N3C(=O)SC(=Cc4ccc(Oc5ccc(F)cc5)cc4)C3=O)cc2)CC1. The summed E-state index contributed by atoms with van der Waals surface area (Å²) in [4.78, 5) is 32.0. The summed E-state index contributed by atoms with van der Waals surface area (Å²) in [6.45, 7) is 6.02. The number of halogens is 1. The second kappa shape index (κ2) is 12.5. The Hall–Kier alpha value is -3.66. The average Bonchev–Trinajstić information content (AvgIpc) is 3.22. The molecule has 0 radical (unpaired) electrons. The minimum Gasteiger partial charge on any atom is -0.494 e. The molecule has 7 nitrogen and oxygen atoms in total. The second-order valence-electron chi connectivity index (χ2n) is 9.48. The van der Waals surface area contributed by atoms with E-state index in [1.54, 1.807) is 66.7 Å². The predicted molar refractivity (Wildman–Crippen MR) is 152 cm³/mol. The van der Waals surface area contributed by atoms with Crippen molar-refractivity contribution in [3.05, 3.63) is 89.1 Å². The van der Waals surface area contributed by atoms with Crippen LogP contribution in [-0.4, -0.2) is 67.3 Å². The van der Waals surface area contributed by atoms with Crippen molar-refractivity contribution in [1.29, 1.82) is 0 Å². The van der Waals surface area contributed by atoms with Crippen LogP contribution in [0.3, 0.4) is 0 Å². The van der Waals surface area contributed by atoms with E-state index in [-0.39, 0.29) is 17.0 Å². The molecule has 0 atom stereocenters. The monoisotopic (exact) mass is 547 g/mol. The van der Waals surface area contributed by atoms with Crippen LogP contribution in [0.2, 0.25) is 0 Å². The van der Waals surface area contributed by atoms with Crippen molar-refractivity contribution < 1.29 is 23.5 Å². The number of thioether (sulfide) groups is 1. The van der Waals surface area contributed by atoms with Gasteiger partial charge in [-0.05, 0) is 97.5 Å². The maximum Gasteiger partial charge on any atom is 0.298 e. The van der Waals surface area contributed by atoms with Gasteiger partial charge in [0, 0.05) is 32.7 Å². The summed E-state index contributed by atoms with van der Waals surface area (Å²) >= 11 is 0.907. The van der Waals surface area contributed by atoms with Gasteiger partial charge in [0.25, 0.3) is 11.1 Å². The molecule has 0 aliphatic carbocycles. The van der Waals surface area contributed by atoms with Crippen molar-refractivity contribution in [3.63, 3.8) is 0 Å². The Morgan fingerprint density at radius 3 is 2.13 bits per heavy atom. The first-order valence-electron chi connectivity index (χ1n) is 12.9. The normalized spacial score (nSPS) is 17.7. The van der Waals surface area contributed by atoms with Crippen LogP contribution in [0, 0.1) is 5.82 Å². The highest BCUT2D eigenvalue weighted by atomic mass is 32.2. The summed E-state index contributed by atoms with van der Waals surface area (Å²) in [6, 6.07) is 19.9. The fraction of sp³-hybridized carbons (Fsp3) is 0.267. The highest BCUT2D eigenvalue weighted by Crippen LogP contribution is 2.36. The summed E-state index contributed by atoms with van der Waals surface area (Å²) in [5.74, 6) is 1.11. The number of ether oxygens (including phenoxy) is 2. The molecule has 2 amide bonds. The molecule has 0 aromatic heterocycles. The molecule has 2 heterocycles. The Morgan fingerprint density at radius 2 is 1.46 bits per heavy atom. The van der Waals surface area contributed by atoms with Gasteiger partial charge in [0.2, 0.25) is 0 Å². The smallest absolute Gasteiger partial charge is 0.298 e. The van der Waals surface area contributed by atoms with Crippen LogP contribution in [0.15, 0.2) is 77.7 Å². The highest BCUT2D eigenvalue weighted by Gasteiger charge is 2.36. The number of rotatable bonds is 9. The largest absolute Gasteiger partial charge is 0.494 e. The van der Waals surface area contributed by atoms with E-state index in [0.717, 1.165) is 56.5 Å². The molecule has 9 heteroatoms. The van der Waals surface area contributed by atoms with Gasteiger partial charge in [-0.15, -0.1) is 0 Å². The zero-order valence-electron chi connectivity index (χ0n) is 21.7. The maximum absolute atomic E-state index is 13.1. The van der Waals surface area contributed by atoms with Gasteiger partial charge in [0.1, 0.15) is 23.1 Å². The predicted octanol–water partition coefficient (Wildman–Crippen LogP) is 5.88. The Bertz CT molecular complexity index is 1320. The Morgan fingerprint density at radius 1 is 0.846 bits per heavy atom. The molecule has 202 valence electrons. The van der Waals surface area contributed by atoms with Gasteiger partial charge in [-0.2, -0.15) is 0 Å². The fourth-order valence-electron chi connectivity index (χ4n) is 4.35. The number of hydrogen-bond acceptors (Lipinski definition) is 7. The van der Waals surface area contributed by atoms with E-state index in [1.165, 1.54) is 17.0 Å². The molecule has 2 fully saturated rings. The van der Waals surface area contributed by atoms with Crippen molar-refractivity contribution in [3.8, 4) is 17.2 Å². The average molecular weight is 548 g/mol. The lowest BCUT2D eigenvalue weighted by molar-refractivity contribution is -0.113. The summed E-state index contributed by atoms with van der Waals surface area (Å²) in [7, 11) is 2.15. The van der Waals surface area contributed by atoms with E-state index >= 15 is 0 Å². The van der Waals surface area contributed by atoms with Crippen LogP contribution in [0.1, 0.15) is 12.0 Å². The lowest BCUT2D eigenvalue weighted by atomic mass is 10.2. The van der Waals surface area contributed by atoms with Crippen molar-refractivity contribution in [2.24, 2.45) is 0 Å². The molecule has 0 N–H and O–H groups in total. The third kappa shape index (κ3) is 7.06. The van der Waals surface area contributed by atoms with Crippen molar-refractivity contribution >= 4 is 34.7 Å². The molecule has 2 aliphatic heterocycles. The lowest BCUT2D eigenvalue weighted by Crippen LogP contribution is -2.44. The van der Waals surface area contributed by atoms with Crippen LogP contribution in [0.4, 0.5) is 14.9 Å². The van der Waals surface area contributed by atoms with Gasteiger partial charge in [0.05, 0.1) is 17.2 Å². The van der Waals surface area contributed by atoms with Gasteiger partial charge in [0.15, 0.2) is 0 Å². The molecule has 5 rings (SSSR count). The fourth-order valence-corrected chi connectivity index (χ4v) is 5.19. The standard InChI is InChI=1S/C30H30FN3O4S/c1-32-16-18-33(19-17-32)15-2-20-37-25-13-7-24(8-14-25)34-29(35)28(39-30(34)36)21-22-3-9-26(10-4-22)38-27-11-5-23(31)6-12-27/h3-14,21H,2,15-20H2,1H3. The number of piperazine rings is 1. The molecule has 2 saturated heterocycles. The summed E-state index contributed by atoms with van der Waals surface area (Å²) in [6.07, 6.45) is 2.63. The number of anilines is 1. The quantitative estimate of drug-likeness (QED) is 0.245. The Balaban J connectivity index is 1.14. The van der Waals surface area contributed by atoms with Gasteiger partial charge < -0.3 is 19.3 Å². The first-order chi connectivity index (χ1) is 18.9. The zero-order chi connectivity index (χ0) is 27.2. The Kier molecular flexibility index (Phi) is 8.61. The van der Waals surface area contributed by atoms with Crippen LogP contribution in [-0.2, 0) is 4.79 Å². The van der Waals surface area contributed by atoms with Gasteiger partial charge in [-0.1, -0.05) is 12.1 Å². The van der Waals surface area contributed by atoms with Crippen LogP contribution in [0.5, 0.6) is 17.2 Å². The van der Waals surface area contributed by atoms with Gasteiger partial charge in [-0.3, -0.25) is 9.59 Å². The van der Waals surface area contributed by atoms with Gasteiger partial charge in [-0.25, -0.2) is 9.29 Å². The first kappa shape index (κ1) is 26.9. The first-order valence-corrected chi connectivity index (χ1v) is 13.7. The lowest BCUT2D eigenvalue weighted by Gasteiger charge is -2.32. The van der Waals surface area contributed by atoms with E-state index in [0.29, 0.717) is 34.4 Å². The third-order valence-corrected chi connectivity index (χ3v) is 7.47. The number of imide groups is 1. The minimum absolute atomic E-state index is 0.330. The molecule has 0 spiro atoms. The van der Waals surface area contributed by atoms with Crippen LogP contribution >= 0.6 is 11.8 Å². The molecular weight excluding hydrogens is 517 g/mol. The molecular formula is C30H30FN3O4S. The zero-order valence-corrected chi connectivity index (χ0v) is 22.5. The van der Waals surface area contributed by atoms with Crippen molar-refractivity contribution in [1.82, 2.24) is 9.80 Å². The topological polar surface area (TPSA) is 62.3 Å². The summed E-state index contributed by atoms with van der Waals surface area (Å²) < 4.78 is 24.7. The molecule has 39 heavy (non-hydrogen) atoms. The number of benzene rings is 3. The number of carbonyl (C=O) groups excluding carboxylic acids is 2. The number of likely N-dealkylation sites (N-methyl/N-ethyl adjacent to an activating group) is 1. The van der Waals surface area contributed by atoms with E-state index in [2.05, 4.69) is 16.8 Å². The second-order valence-corrected chi connectivity index (χ2v) is 10.5. The molecule has 3 aromatic carbocycles. The molecule has 3 aromatic rings. The van der Waals surface area contributed by atoms with Crippen LogP contribution in [0.25, 0.3) is 6.08 Å². The molecule has 0 unspecified atom stereocenters. The molecule has 2 aliphatic rings. The van der Waals surface area contributed by atoms with E-state index in [4.69, 9.17) is 9.47 Å². The molecule has 0 saturated carbocycles. The van der Waals surface area contributed by atoms with Gasteiger partial charge >= 0.3 is 0 Å². The third-order valence-electron chi connectivity index (χ3n) is 6.60. The highest BCUT2D eigenvalue weighted by molar-refractivity contribution is 8.19. The van der Waals surface area contributed by atoms with Crippen molar-refractivity contribution in [2.45, 2.75) is 6.42 Å².